The Balaban J connectivity index is 1.82. The van der Waals surface area contributed by atoms with Crippen LogP contribution >= 0.6 is 23.4 Å². The van der Waals surface area contributed by atoms with E-state index in [1.54, 1.807) is 30.1 Å². The molecular weight excluding hydrogens is 318 g/mol. The van der Waals surface area contributed by atoms with Gasteiger partial charge in [-0.25, -0.2) is 0 Å². The Kier molecular flexibility index (Phi) is 3.47. The molecule has 1 N–H and O–H groups in total. The van der Waals surface area contributed by atoms with Crippen LogP contribution in [0.5, 0.6) is 5.75 Å². The fourth-order valence-electron chi connectivity index (χ4n) is 3.02. The summed E-state index contributed by atoms with van der Waals surface area (Å²) < 4.78 is 0. The molecule has 0 spiro atoms. The van der Waals surface area contributed by atoms with Crippen LogP contribution in [0.4, 0.5) is 0 Å². The van der Waals surface area contributed by atoms with Gasteiger partial charge in [0.25, 0.3) is 0 Å². The monoisotopic (exact) mass is 331 g/mol. The van der Waals surface area contributed by atoms with Gasteiger partial charge in [0.2, 0.25) is 0 Å². The number of amidine groups is 1. The third-order valence-corrected chi connectivity index (χ3v) is 5.21. The van der Waals surface area contributed by atoms with Crippen LogP contribution in [-0.2, 0) is 0 Å². The molecule has 1 fully saturated rings. The van der Waals surface area contributed by atoms with E-state index >= 15 is 0 Å². The lowest BCUT2D eigenvalue weighted by molar-refractivity contribution is 0.321. The van der Waals surface area contributed by atoms with E-state index in [1.807, 2.05) is 24.3 Å². The van der Waals surface area contributed by atoms with Crippen LogP contribution in [0.2, 0.25) is 5.02 Å². The Bertz CT molecular complexity index is 737. The molecule has 0 bridgehead atoms. The predicted octanol–water partition coefficient (Wildman–Crippen LogP) is 3.64. The van der Waals surface area contributed by atoms with Gasteiger partial charge in [0.1, 0.15) is 11.8 Å². The molecular formula is C16H14ClN3OS. The number of aromatic hydroxyl groups is 1. The van der Waals surface area contributed by atoms with E-state index in [4.69, 9.17) is 16.6 Å². The smallest absolute Gasteiger partial charge is 0.160 e. The number of halogens is 1. The highest BCUT2D eigenvalue weighted by molar-refractivity contribution is 8.14. The number of hydrogen-bond acceptors (Lipinski definition) is 5. The number of nitrogens with zero attached hydrogens (tertiary/aromatic N) is 3. The van der Waals surface area contributed by atoms with Crippen molar-refractivity contribution < 1.29 is 5.11 Å². The van der Waals surface area contributed by atoms with Gasteiger partial charge < -0.3 is 10.0 Å². The quantitative estimate of drug-likeness (QED) is 0.912. The Morgan fingerprint density at radius 2 is 2.18 bits per heavy atom. The molecule has 2 atom stereocenters. The molecule has 0 aliphatic carbocycles. The van der Waals surface area contributed by atoms with E-state index in [0.717, 1.165) is 28.7 Å². The lowest BCUT2D eigenvalue weighted by Gasteiger charge is -2.27. The fourth-order valence-corrected chi connectivity index (χ4v) is 4.23. The maximum Gasteiger partial charge on any atom is 0.160 e. The van der Waals surface area contributed by atoms with Crippen molar-refractivity contribution in [2.24, 2.45) is 4.99 Å². The van der Waals surface area contributed by atoms with Crippen LogP contribution < -0.4 is 0 Å². The molecule has 3 heterocycles. The highest BCUT2D eigenvalue weighted by Gasteiger charge is 2.42. The normalized spacial score (nSPS) is 23.5. The molecule has 1 aromatic carbocycles. The molecule has 0 radical (unpaired) electrons. The van der Waals surface area contributed by atoms with Crippen molar-refractivity contribution in [1.82, 2.24) is 9.88 Å². The average Bonchev–Trinajstić information content (AvgIpc) is 3.11. The maximum atomic E-state index is 10.3. The van der Waals surface area contributed by atoms with Gasteiger partial charge in [-0.1, -0.05) is 29.4 Å². The van der Waals surface area contributed by atoms with Crippen molar-refractivity contribution in [3.05, 3.63) is 58.9 Å². The molecule has 22 heavy (non-hydrogen) atoms. The van der Waals surface area contributed by atoms with Crippen molar-refractivity contribution in [3.63, 3.8) is 0 Å². The number of aromatic nitrogens is 1. The number of pyridine rings is 1. The summed E-state index contributed by atoms with van der Waals surface area (Å²) in [5, 5.41) is 12.0. The summed E-state index contributed by atoms with van der Waals surface area (Å²) in [5.41, 5.74) is 1.72. The van der Waals surface area contributed by atoms with Crippen LogP contribution in [0.15, 0.2) is 47.6 Å². The molecule has 4 rings (SSSR count). The van der Waals surface area contributed by atoms with Gasteiger partial charge in [0, 0.05) is 29.1 Å². The van der Waals surface area contributed by atoms with Gasteiger partial charge >= 0.3 is 0 Å². The third kappa shape index (κ3) is 2.25. The van der Waals surface area contributed by atoms with Gasteiger partial charge in [-0.15, -0.1) is 0 Å². The first-order valence-corrected chi connectivity index (χ1v) is 8.47. The zero-order valence-electron chi connectivity index (χ0n) is 11.7. The van der Waals surface area contributed by atoms with Crippen molar-refractivity contribution in [2.45, 2.75) is 12.1 Å². The van der Waals surface area contributed by atoms with Crippen LogP contribution in [0.3, 0.4) is 0 Å². The number of benzene rings is 1. The molecule has 112 valence electrons. The van der Waals surface area contributed by atoms with E-state index in [0.29, 0.717) is 5.02 Å². The fraction of sp³-hybridized carbons (Fsp3) is 0.250. The van der Waals surface area contributed by atoms with E-state index in [1.165, 1.54) is 0 Å². The van der Waals surface area contributed by atoms with Crippen molar-refractivity contribution >= 4 is 28.5 Å². The molecule has 1 aromatic heterocycles. The highest BCUT2D eigenvalue weighted by atomic mass is 35.5. The van der Waals surface area contributed by atoms with E-state index in [9.17, 15) is 5.11 Å². The first kappa shape index (κ1) is 13.9. The average molecular weight is 332 g/mol. The number of fused-ring (bicyclic) bond motifs is 1. The summed E-state index contributed by atoms with van der Waals surface area (Å²) in [6.07, 6.45) is 1.78. The molecule has 0 saturated carbocycles. The minimum atomic E-state index is -0.117. The number of phenols is 1. The Hall–Kier alpha value is -1.72. The van der Waals surface area contributed by atoms with Crippen molar-refractivity contribution in [3.8, 4) is 5.75 Å². The molecule has 1 saturated heterocycles. The van der Waals surface area contributed by atoms with Crippen LogP contribution in [-0.4, -0.2) is 32.5 Å². The highest BCUT2D eigenvalue weighted by Crippen LogP contribution is 2.48. The van der Waals surface area contributed by atoms with Gasteiger partial charge in [-0.05, 0) is 30.3 Å². The number of aliphatic imine (C=N–C) groups is 1. The number of hydrogen-bond donors (Lipinski definition) is 1. The van der Waals surface area contributed by atoms with E-state index in [2.05, 4.69) is 9.88 Å². The SMILES string of the molecule is Oc1ccc(Cl)cc1[C@@H]1[C@H](c2ccccn2)N=C2SCCN21. The number of rotatable bonds is 2. The van der Waals surface area contributed by atoms with Gasteiger partial charge in [0.05, 0.1) is 11.7 Å². The first-order chi connectivity index (χ1) is 10.7. The number of phenolic OH excluding ortho intramolecular Hbond substituents is 1. The molecule has 0 amide bonds. The second kappa shape index (κ2) is 5.48. The lowest BCUT2D eigenvalue weighted by Crippen LogP contribution is -2.27. The molecule has 0 unspecified atom stereocenters. The van der Waals surface area contributed by atoms with Crippen molar-refractivity contribution in [1.29, 1.82) is 0 Å². The molecule has 4 nitrogen and oxygen atoms in total. The topological polar surface area (TPSA) is 48.7 Å². The Morgan fingerprint density at radius 1 is 1.27 bits per heavy atom. The zero-order valence-corrected chi connectivity index (χ0v) is 13.3. The largest absolute Gasteiger partial charge is 0.508 e. The predicted molar refractivity (Wildman–Crippen MR) is 89.4 cm³/mol. The Morgan fingerprint density at radius 3 is 3.00 bits per heavy atom. The van der Waals surface area contributed by atoms with Gasteiger partial charge in [-0.3, -0.25) is 9.98 Å². The summed E-state index contributed by atoms with van der Waals surface area (Å²) in [6.45, 7) is 0.920. The van der Waals surface area contributed by atoms with Crippen LogP contribution in [0.1, 0.15) is 23.3 Å². The van der Waals surface area contributed by atoms with Gasteiger partial charge in [-0.2, -0.15) is 0 Å². The first-order valence-electron chi connectivity index (χ1n) is 7.10. The minimum absolute atomic E-state index is 0.0569. The van der Waals surface area contributed by atoms with Crippen LogP contribution in [0, 0.1) is 0 Å². The second-order valence-corrected chi connectivity index (χ2v) is 6.80. The maximum absolute atomic E-state index is 10.3. The molecule has 2 aromatic rings. The van der Waals surface area contributed by atoms with E-state index < -0.39 is 0 Å². The summed E-state index contributed by atoms with van der Waals surface area (Å²) >= 11 is 7.90. The standard InChI is InChI=1S/C16H14ClN3OS/c17-10-4-5-13(21)11(9-10)15-14(12-3-1-2-6-18-12)19-16-20(15)7-8-22-16/h1-6,9,14-15,21H,7-8H2/t14-,15+/m0/s1. The van der Waals surface area contributed by atoms with Crippen LogP contribution in [0.25, 0.3) is 0 Å². The molecule has 2 aliphatic heterocycles. The number of thioether (sulfide) groups is 1. The third-order valence-electron chi connectivity index (χ3n) is 3.99. The summed E-state index contributed by atoms with van der Waals surface area (Å²) in [7, 11) is 0. The summed E-state index contributed by atoms with van der Waals surface area (Å²) in [5.74, 6) is 1.27. The minimum Gasteiger partial charge on any atom is -0.508 e. The summed E-state index contributed by atoms with van der Waals surface area (Å²) in [4.78, 5) is 11.5. The van der Waals surface area contributed by atoms with Gasteiger partial charge in [0.15, 0.2) is 5.17 Å². The second-order valence-electron chi connectivity index (χ2n) is 5.30. The van der Waals surface area contributed by atoms with E-state index in [-0.39, 0.29) is 17.8 Å². The molecule has 6 heteroatoms. The lowest BCUT2D eigenvalue weighted by atomic mass is 9.96. The molecule has 2 aliphatic rings. The summed E-state index contributed by atoms with van der Waals surface area (Å²) in [6, 6.07) is 10.9. The van der Waals surface area contributed by atoms with Crippen molar-refractivity contribution in [2.75, 3.05) is 12.3 Å². The Labute approximate surface area is 137 Å². The zero-order chi connectivity index (χ0) is 15.1.